The molecule has 0 bridgehead atoms. The SMILES string of the molecule is C\C=C/C=C(C)/C(C)=C/C=C(\CC)c1cn[nH]n1. The molecule has 1 rings (SSSR count). The van der Waals surface area contributed by atoms with Crippen molar-refractivity contribution in [3.05, 3.63) is 53.4 Å². The lowest BCUT2D eigenvalue weighted by Crippen LogP contribution is -1.84. The number of nitrogens with one attached hydrogen (secondary N) is 1. The van der Waals surface area contributed by atoms with Crippen LogP contribution in [0.25, 0.3) is 5.57 Å². The molecule has 0 aromatic carbocycles. The van der Waals surface area contributed by atoms with Gasteiger partial charge >= 0.3 is 0 Å². The summed E-state index contributed by atoms with van der Waals surface area (Å²) in [6.45, 7) is 8.36. The van der Waals surface area contributed by atoms with Crippen molar-refractivity contribution in [1.82, 2.24) is 15.4 Å². The van der Waals surface area contributed by atoms with Crippen molar-refractivity contribution < 1.29 is 0 Å². The normalized spacial score (nSPS) is 14.6. The minimum absolute atomic E-state index is 0.914. The summed E-state index contributed by atoms with van der Waals surface area (Å²) in [5, 5.41) is 10.6. The Morgan fingerprint density at radius 2 is 1.94 bits per heavy atom. The quantitative estimate of drug-likeness (QED) is 0.792. The van der Waals surface area contributed by atoms with E-state index in [4.69, 9.17) is 0 Å². The number of aromatic nitrogens is 3. The highest BCUT2D eigenvalue weighted by Gasteiger charge is 2.00. The highest BCUT2D eigenvalue weighted by molar-refractivity contribution is 5.63. The fourth-order valence-electron chi connectivity index (χ4n) is 1.47. The molecule has 0 amide bonds. The van der Waals surface area contributed by atoms with Gasteiger partial charge in [-0.3, -0.25) is 0 Å². The van der Waals surface area contributed by atoms with Gasteiger partial charge in [0.1, 0.15) is 5.69 Å². The Labute approximate surface area is 109 Å². The molecule has 1 heterocycles. The Morgan fingerprint density at radius 3 is 2.50 bits per heavy atom. The summed E-state index contributed by atoms with van der Waals surface area (Å²) in [6, 6.07) is 0. The molecule has 3 nitrogen and oxygen atoms in total. The number of rotatable bonds is 5. The standard InChI is InChI=1S/C15H21N3/c1-5-7-8-12(3)13(4)9-10-14(6-2)15-11-16-18-17-15/h5,7-11H,6H2,1-4H3,(H,16,17,18)/b7-5-,12-8+,13-9+,14-10+. The highest BCUT2D eigenvalue weighted by atomic mass is 15.3. The smallest absolute Gasteiger partial charge is 0.108 e. The number of hydrogen-bond acceptors (Lipinski definition) is 2. The molecule has 0 aliphatic carbocycles. The van der Waals surface area contributed by atoms with Crippen LogP contribution in [0.5, 0.6) is 0 Å². The molecule has 0 atom stereocenters. The zero-order chi connectivity index (χ0) is 13.4. The molecular formula is C15H21N3. The maximum absolute atomic E-state index is 4.10. The number of aromatic amines is 1. The van der Waals surface area contributed by atoms with Crippen molar-refractivity contribution in [1.29, 1.82) is 0 Å². The predicted molar refractivity (Wildman–Crippen MR) is 77.0 cm³/mol. The lowest BCUT2D eigenvalue weighted by molar-refractivity contribution is 0.933. The molecule has 18 heavy (non-hydrogen) atoms. The largest absolute Gasteiger partial charge is 0.197 e. The van der Waals surface area contributed by atoms with Gasteiger partial charge in [0.2, 0.25) is 0 Å². The summed E-state index contributed by atoms with van der Waals surface area (Å²) >= 11 is 0. The second-order valence-electron chi connectivity index (χ2n) is 4.13. The van der Waals surface area contributed by atoms with Crippen LogP contribution in [-0.4, -0.2) is 15.4 Å². The van der Waals surface area contributed by atoms with Crippen molar-refractivity contribution in [3.8, 4) is 0 Å². The molecule has 0 aliphatic rings. The van der Waals surface area contributed by atoms with E-state index in [1.807, 2.05) is 13.0 Å². The van der Waals surface area contributed by atoms with Crippen molar-refractivity contribution in [3.63, 3.8) is 0 Å². The van der Waals surface area contributed by atoms with Gasteiger partial charge in [0.15, 0.2) is 0 Å². The van der Waals surface area contributed by atoms with Crippen LogP contribution < -0.4 is 0 Å². The zero-order valence-corrected chi connectivity index (χ0v) is 11.6. The van der Waals surface area contributed by atoms with Crippen LogP contribution >= 0.6 is 0 Å². The lowest BCUT2D eigenvalue weighted by Gasteiger charge is -2.00. The van der Waals surface area contributed by atoms with E-state index < -0.39 is 0 Å². The summed E-state index contributed by atoms with van der Waals surface area (Å²) in [5.41, 5.74) is 4.61. The minimum atomic E-state index is 0.914. The van der Waals surface area contributed by atoms with E-state index in [1.54, 1.807) is 6.20 Å². The van der Waals surface area contributed by atoms with Crippen molar-refractivity contribution in [2.45, 2.75) is 34.1 Å². The van der Waals surface area contributed by atoms with E-state index in [-0.39, 0.29) is 0 Å². The summed E-state index contributed by atoms with van der Waals surface area (Å²) in [6.07, 6.45) is 13.1. The van der Waals surface area contributed by atoms with Crippen LogP contribution in [0.15, 0.2) is 47.7 Å². The van der Waals surface area contributed by atoms with Crippen molar-refractivity contribution in [2.24, 2.45) is 0 Å². The second-order valence-corrected chi connectivity index (χ2v) is 4.13. The molecule has 1 aromatic heterocycles. The van der Waals surface area contributed by atoms with Crippen LogP contribution in [0.3, 0.4) is 0 Å². The average molecular weight is 243 g/mol. The summed E-state index contributed by atoms with van der Waals surface area (Å²) < 4.78 is 0. The highest BCUT2D eigenvalue weighted by Crippen LogP contribution is 2.16. The summed E-state index contributed by atoms with van der Waals surface area (Å²) in [4.78, 5) is 0. The van der Waals surface area contributed by atoms with E-state index in [9.17, 15) is 0 Å². The Bertz CT molecular complexity index is 474. The van der Waals surface area contributed by atoms with Gasteiger partial charge in [0, 0.05) is 0 Å². The maximum Gasteiger partial charge on any atom is 0.108 e. The van der Waals surface area contributed by atoms with Gasteiger partial charge in [-0.25, -0.2) is 0 Å². The fraction of sp³-hybridized carbons (Fsp3) is 0.333. The second kappa shape index (κ2) is 7.43. The van der Waals surface area contributed by atoms with Gasteiger partial charge in [-0.2, -0.15) is 15.4 Å². The average Bonchev–Trinajstić information content (AvgIpc) is 2.90. The third kappa shape index (κ3) is 4.17. The van der Waals surface area contributed by atoms with Gasteiger partial charge in [0.05, 0.1) is 6.20 Å². The number of H-pyrrole nitrogens is 1. The van der Waals surface area contributed by atoms with E-state index in [2.05, 4.69) is 60.5 Å². The third-order valence-corrected chi connectivity index (χ3v) is 2.82. The van der Waals surface area contributed by atoms with Crippen LogP contribution in [-0.2, 0) is 0 Å². The van der Waals surface area contributed by atoms with E-state index in [0.717, 1.165) is 12.1 Å². The zero-order valence-electron chi connectivity index (χ0n) is 11.6. The Kier molecular flexibility index (Phi) is 5.85. The molecule has 0 unspecified atom stereocenters. The van der Waals surface area contributed by atoms with Crippen LogP contribution in [0, 0.1) is 0 Å². The van der Waals surface area contributed by atoms with Crippen LogP contribution in [0.4, 0.5) is 0 Å². The van der Waals surface area contributed by atoms with E-state index in [1.165, 1.54) is 16.7 Å². The first-order chi connectivity index (χ1) is 8.69. The van der Waals surface area contributed by atoms with E-state index >= 15 is 0 Å². The molecule has 0 saturated heterocycles. The van der Waals surface area contributed by atoms with Crippen molar-refractivity contribution >= 4 is 5.57 Å². The molecular weight excluding hydrogens is 222 g/mol. The number of allylic oxidation sites excluding steroid dienone is 8. The summed E-state index contributed by atoms with van der Waals surface area (Å²) in [5.74, 6) is 0. The van der Waals surface area contributed by atoms with E-state index in [0.29, 0.717) is 0 Å². The first-order valence-electron chi connectivity index (χ1n) is 6.22. The van der Waals surface area contributed by atoms with Gasteiger partial charge in [-0.1, -0.05) is 37.3 Å². The molecule has 0 radical (unpaired) electrons. The molecule has 0 spiro atoms. The Morgan fingerprint density at radius 1 is 1.22 bits per heavy atom. The summed E-state index contributed by atoms with van der Waals surface area (Å²) in [7, 11) is 0. The van der Waals surface area contributed by atoms with Gasteiger partial charge < -0.3 is 0 Å². The molecule has 3 heteroatoms. The van der Waals surface area contributed by atoms with Crippen molar-refractivity contribution in [2.75, 3.05) is 0 Å². The maximum atomic E-state index is 4.10. The lowest BCUT2D eigenvalue weighted by atomic mass is 10.1. The number of hydrogen-bond donors (Lipinski definition) is 1. The van der Waals surface area contributed by atoms with Gasteiger partial charge in [0.25, 0.3) is 0 Å². The van der Waals surface area contributed by atoms with Gasteiger partial charge in [-0.05, 0) is 43.9 Å². The molecule has 1 aromatic rings. The fourth-order valence-corrected chi connectivity index (χ4v) is 1.47. The minimum Gasteiger partial charge on any atom is -0.197 e. The third-order valence-electron chi connectivity index (χ3n) is 2.82. The Balaban J connectivity index is 2.88. The molecule has 96 valence electrons. The molecule has 0 fully saturated rings. The predicted octanol–water partition coefficient (Wildman–Crippen LogP) is 4.07. The number of nitrogens with zero attached hydrogens (tertiary/aromatic N) is 2. The molecule has 0 aliphatic heterocycles. The van der Waals surface area contributed by atoms with Crippen LogP contribution in [0.2, 0.25) is 0 Å². The van der Waals surface area contributed by atoms with Crippen LogP contribution in [0.1, 0.15) is 39.8 Å². The first kappa shape index (κ1) is 14.2. The Hall–Kier alpha value is -1.90. The monoisotopic (exact) mass is 243 g/mol. The molecule has 0 saturated carbocycles. The molecule has 1 N–H and O–H groups in total. The van der Waals surface area contributed by atoms with Gasteiger partial charge in [-0.15, -0.1) is 0 Å². The first-order valence-corrected chi connectivity index (χ1v) is 6.22. The topological polar surface area (TPSA) is 41.6 Å².